The molecular formula is C30H37N5O4. The molecule has 0 amide bonds. The first-order chi connectivity index (χ1) is 19.1. The molecule has 3 aromatic carbocycles. The molecule has 0 fully saturated rings. The van der Waals surface area contributed by atoms with E-state index in [0.717, 1.165) is 52.4 Å². The fourth-order valence-electron chi connectivity index (χ4n) is 4.37. The quantitative estimate of drug-likeness (QED) is 0.211. The third-order valence-corrected chi connectivity index (χ3v) is 6.45. The highest BCUT2D eigenvalue weighted by atomic mass is 16.7. The van der Waals surface area contributed by atoms with Crippen molar-refractivity contribution in [1.82, 2.24) is 9.97 Å². The summed E-state index contributed by atoms with van der Waals surface area (Å²) in [6.07, 6.45) is 5.83. The molecule has 39 heavy (non-hydrogen) atoms. The second kappa shape index (κ2) is 13.6. The molecule has 8 N–H and O–H groups in total. The van der Waals surface area contributed by atoms with Crippen LogP contribution >= 0.6 is 0 Å². The lowest BCUT2D eigenvalue weighted by atomic mass is 10.1. The molecule has 2 aromatic heterocycles. The topological polar surface area (TPSA) is 147 Å². The zero-order valence-corrected chi connectivity index (χ0v) is 22.5. The fourth-order valence-corrected chi connectivity index (χ4v) is 4.37. The first-order valence-electron chi connectivity index (χ1n) is 12.9. The smallest absolute Gasteiger partial charge is 0.231 e. The van der Waals surface area contributed by atoms with E-state index in [0.29, 0.717) is 26.4 Å². The molecule has 9 nitrogen and oxygen atoms in total. The Morgan fingerprint density at radius 3 is 2.03 bits per heavy atom. The van der Waals surface area contributed by atoms with Crippen LogP contribution in [0.4, 0.5) is 0 Å². The van der Waals surface area contributed by atoms with Gasteiger partial charge in [0.15, 0.2) is 11.5 Å². The molecule has 3 heterocycles. The minimum Gasteiger partial charge on any atom is -0.497 e. The van der Waals surface area contributed by atoms with E-state index in [4.69, 9.17) is 36.1 Å². The molecule has 6 rings (SSSR count). The van der Waals surface area contributed by atoms with Gasteiger partial charge in [-0.1, -0.05) is 6.07 Å². The van der Waals surface area contributed by atoms with Gasteiger partial charge in [-0.3, -0.25) is 0 Å². The number of nitrogens with one attached hydrogen (secondary N) is 2. The van der Waals surface area contributed by atoms with Crippen LogP contribution in [0.2, 0.25) is 0 Å². The molecule has 9 heteroatoms. The van der Waals surface area contributed by atoms with Crippen LogP contribution in [-0.2, 0) is 19.4 Å². The van der Waals surface area contributed by atoms with Gasteiger partial charge in [0.05, 0.1) is 14.2 Å². The van der Waals surface area contributed by atoms with Gasteiger partial charge in [0.2, 0.25) is 6.79 Å². The highest BCUT2D eigenvalue weighted by Gasteiger charge is 2.12. The van der Waals surface area contributed by atoms with E-state index in [1.54, 1.807) is 14.2 Å². The molecule has 1 aliphatic rings. The fraction of sp³-hybridized carbons (Fsp3) is 0.267. The van der Waals surface area contributed by atoms with Crippen molar-refractivity contribution in [3.05, 3.63) is 83.7 Å². The third-order valence-electron chi connectivity index (χ3n) is 6.45. The number of hydrogen-bond donors (Lipinski definition) is 5. The molecule has 0 atom stereocenters. The van der Waals surface area contributed by atoms with Crippen molar-refractivity contribution in [2.24, 2.45) is 17.2 Å². The minimum absolute atomic E-state index is 0.323. The van der Waals surface area contributed by atoms with Gasteiger partial charge in [0.25, 0.3) is 0 Å². The first kappa shape index (κ1) is 27.8. The normalized spacial score (nSPS) is 11.5. The Hall–Kier alpha value is -4.18. The molecule has 0 saturated carbocycles. The number of methoxy groups -OCH3 is 2. The van der Waals surface area contributed by atoms with E-state index >= 15 is 0 Å². The van der Waals surface area contributed by atoms with E-state index < -0.39 is 0 Å². The van der Waals surface area contributed by atoms with Crippen molar-refractivity contribution in [2.75, 3.05) is 34.1 Å². The van der Waals surface area contributed by atoms with Crippen LogP contribution in [0.25, 0.3) is 21.8 Å². The summed E-state index contributed by atoms with van der Waals surface area (Å²) in [4.78, 5) is 6.43. The summed E-state index contributed by atoms with van der Waals surface area (Å²) in [7, 11) is 3.35. The Labute approximate surface area is 228 Å². The minimum atomic E-state index is 0.323. The van der Waals surface area contributed by atoms with Gasteiger partial charge in [0, 0.05) is 46.8 Å². The summed E-state index contributed by atoms with van der Waals surface area (Å²) >= 11 is 0. The van der Waals surface area contributed by atoms with Gasteiger partial charge in [-0.2, -0.15) is 0 Å². The number of aromatic nitrogens is 2. The van der Waals surface area contributed by atoms with E-state index in [1.807, 2.05) is 60.9 Å². The number of nitrogens with two attached hydrogens (primary N) is 3. The summed E-state index contributed by atoms with van der Waals surface area (Å²) in [6, 6.07) is 17.8. The Morgan fingerprint density at radius 1 is 0.692 bits per heavy atom. The molecule has 5 aromatic rings. The van der Waals surface area contributed by atoms with Crippen molar-refractivity contribution in [3.63, 3.8) is 0 Å². The monoisotopic (exact) mass is 531 g/mol. The number of rotatable bonds is 7. The lowest BCUT2D eigenvalue weighted by Crippen LogP contribution is -2.01. The van der Waals surface area contributed by atoms with Crippen LogP contribution in [0.1, 0.15) is 16.7 Å². The summed E-state index contributed by atoms with van der Waals surface area (Å²) in [5, 5.41) is 2.44. The summed E-state index contributed by atoms with van der Waals surface area (Å²) in [5.41, 5.74) is 22.3. The van der Waals surface area contributed by atoms with Crippen molar-refractivity contribution < 1.29 is 18.9 Å². The molecular weight excluding hydrogens is 494 g/mol. The van der Waals surface area contributed by atoms with Crippen LogP contribution < -0.4 is 36.1 Å². The van der Waals surface area contributed by atoms with Crippen molar-refractivity contribution in [3.8, 4) is 23.0 Å². The van der Waals surface area contributed by atoms with Crippen LogP contribution in [0.15, 0.2) is 67.0 Å². The van der Waals surface area contributed by atoms with Crippen molar-refractivity contribution >= 4 is 21.8 Å². The molecule has 206 valence electrons. The van der Waals surface area contributed by atoms with Crippen LogP contribution in [0.5, 0.6) is 23.0 Å². The maximum Gasteiger partial charge on any atom is 0.231 e. The van der Waals surface area contributed by atoms with Gasteiger partial charge in [0.1, 0.15) is 11.5 Å². The van der Waals surface area contributed by atoms with Crippen LogP contribution in [-0.4, -0.2) is 44.1 Å². The number of hydrogen-bond acceptors (Lipinski definition) is 7. The van der Waals surface area contributed by atoms with Gasteiger partial charge in [-0.25, -0.2) is 0 Å². The highest BCUT2D eigenvalue weighted by Crippen LogP contribution is 2.32. The molecule has 0 bridgehead atoms. The average molecular weight is 532 g/mol. The average Bonchev–Trinajstić information content (AvgIpc) is 3.72. The lowest BCUT2D eigenvalue weighted by Gasteiger charge is -2.00. The van der Waals surface area contributed by atoms with E-state index in [2.05, 4.69) is 16.0 Å². The molecule has 0 aliphatic carbocycles. The number of aromatic amines is 2. The molecule has 0 unspecified atom stereocenters. The van der Waals surface area contributed by atoms with Crippen molar-refractivity contribution in [2.45, 2.75) is 19.4 Å². The Kier molecular flexibility index (Phi) is 9.69. The molecule has 1 aliphatic heterocycles. The predicted octanol–water partition coefficient (Wildman–Crippen LogP) is 4.23. The number of H-pyrrole nitrogens is 2. The Morgan fingerprint density at radius 2 is 1.33 bits per heavy atom. The molecule has 0 saturated heterocycles. The SMILES string of the molecule is COc1ccc2[nH]cc(CCN)c2c1.COc1ccc2c(CCN)c[nH]c2c1.NCc1ccc2c(c1)OCO2. The van der Waals surface area contributed by atoms with Gasteiger partial charge in [-0.15, -0.1) is 0 Å². The maximum atomic E-state index is 5.54. The maximum absolute atomic E-state index is 5.54. The predicted molar refractivity (Wildman–Crippen MR) is 156 cm³/mol. The van der Waals surface area contributed by atoms with Gasteiger partial charge in [-0.05, 0) is 85.1 Å². The second-order valence-corrected chi connectivity index (χ2v) is 8.92. The van der Waals surface area contributed by atoms with Gasteiger partial charge < -0.3 is 46.1 Å². The second-order valence-electron chi connectivity index (χ2n) is 8.92. The van der Waals surface area contributed by atoms with E-state index in [1.165, 1.54) is 21.9 Å². The third kappa shape index (κ3) is 6.83. The first-order valence-corrected chi connectivity index (χ1v) is 12.9. The number of ether oxygens (including phenoxy) is 4. The lowest BCUT2D eigenvalue weighted by molar-refractivity contribution is 0.174. The Bertz CT molecular complexity index is 1490. The molecule has 0 radical (unpaired) electrons. The van der Waals surface area contributed by atoms with Gasteiger partial charge >= 0.3 is 0 Å². The summed E-state index contributed by atoms with van der Waals surface area (Å²) in [6.45, 7) is 2.21. The standard InChI is InChI=1S/2C11H14N2O.C8H9NO2/c1-14-9-2-3-11-10(6-9)8(4-5-12)7-13-11;1-14-9-2-3-10-8(4-5-12)7-13-11(10)6-9;9-4-6-1-2-7-8(3-6)11-5-10-7/h2*2-3,6-7,13H,4-5,12H2,1H3;1-3H,4-5,9H2. The largest absolute Gasteiger partial charge is 0.497 e. The van der Waals surface area contributed by atoms with Crippen LogP contribution in [0, 0.1) is 0 Å². The summed E-state index contributed by atoms with van der Waals surface area (Å²) < 4.78 is 20.6. The highest BCUT2D eigenvalue weighted by molar-refractivity contribution is 5.85. The van der Waals surface area contributed by atoms with E-state index in [-0.39, 0.29) is 0 Å². The summed E-state index contributed by atoms with van der Waals surface area (Å²) in [5.74, 6) is 3.36. The molecule has 0 spiro atoms. The van der Waals surface area contributed by atoms with Crippen LogP contribution in [0.3, 0.4) is 0 Å². The number of benzene rings is 3. The zero-order chi connectivity index (χ0) is 27.6. The zero-order valence-electron chi connectivity index (χ0n) is 22.5. The Balaban J connectivity index is 0.000000137. The number of fused-ring (bicyclic) bond motifs is 3. The van der Waals surface area contributed by atoms with Crippen molar-refractivity contribution in [1.29, 1.82) is 0 Å². The van der Waals surface area contributed by atoms with E-state index in [9.17, 15) is 0 Å².